The Balaban J connectivity index is 0.00000261. The summed E-state index contributed by atoms with van der Waals surface area (Å²) in [5.74, 6) is -0.371. The SMILES string of the molecule is Cc1ccc(NC(=O)C(C)NC(=O)C2Cc3ccccc3CN2)c(C)c1.Cl. The van der Waals surface area contributed by atoms with Crippen LogP contribution in [0.15, 0.2) is 42.5 Å². The Bertz CT molecular complexity index is 838. The first-order valence-electron chi connectivity index (χ1n) is 8.92. The van der Waals surface area contributed by atoms with E-state index in [-0.39, 0.29) is 30.3 Å². The highest BCUT2D eigenvalue weighted by atomic mass is 35.5. The van der Waals surface area contributed by atoms with Crippen molar-refractivity contribution in [1.82, 2.24) is 10.6 Å². The van der Waals surface area contributed by atoms with Crippen molar-refractivity contribution in [2.24, 2.45) is 0 Å². The summed E-state index contributed by atoms with van der Waals surface area (Å²) in [5, 5.41) is 8.95. The van der Waals surface area contributed by atoms with E-state index in [1.807, 2.05) is 50.2 Å². The molecule has 2 unspecified atom stereocenters. The lowest BCUT2D eigenvalue weighted by atomic mass is 9.95. The molecule has 6 heteroatoms. The van der Waals surface area contributed by atoms with Crippen LogP contribution in [0, 0.1) is 13.8 Å². The molecule has 0 radical (unpaired) electrons. The van der Waals surface area contributed by atoms with Crippen molar-refractivity contribution in [2.45, 2.75) is 45.8 Å². The highest BCUT2D eigenvalue weighted by Crippen LogP contribution is 2.17. The minimum Gasteiger partial charge on any atom is -0.343 e. The second-order valence-corrected chi connectivity index (χ2v) is 6.94. The number of hydrogen-bond donors (Lipinski definition) is 3. The molecule has 0 bridgehead atoms. The zero-order valence-corrected chi connectivity index (χ0v) is 16.7. The third-order valence-electron chi connectivity index (χ3n) is 4.79. The molecule has 3 N–H and O–H groups in total. The molecule has 2 aromatic carbocycles. The molecule has 3 rings (SSSR count). The van der Waals surface area contributed by atoms with E-state index in [4.69, 9.17) is 0 Å². The van der Waals surface area contributed by atoms with Crippen molar-refractivity contribution < 1.29 is 9.59 Å². The van der Waals surface area contributed by atoms with Gasteiger partial charge in [-0.1, -0.05) is 42.0 Å². The van der Waals surface area contributed by atoms with Gasteiger partial charge in [0.05, 0.1) is 6.04 Å². The van der Waals surface area contributed by atoms with Crippen LogP contribution in [0.4, 0.5) is 5.69 Å². The molecule has 0 aromatic heterocycles. The van der Waals surface area contributed by atoms with Crippen LogP contribution in [0.25, 0.3) is 0 Å². The monoisotopic (exact) mass is 387 g/mol. The molecular weight excluding hydrogens is 362 g/mol. The number of aryl methyl sites for hydroxylation is 2. The summed E-state index contributed by atoms with van der Waals surface area (Å²) in [5.41, 5.74) is 5.32. The lowest BCUT2D eigenvalue weighted by Gasteiger charge is -2.26. The van der Waals surface area contributed by atoms with Crippen molar-refractivity contribution in [3.63, 3.8) is 0 Å². The smallest absolute Gasteiger partial charge is 0.246 e. The highest BCUT2D eigenvalue weighted by molar-refractivity contribution is 5.98. The van der Waals surface area contributed by atoms with Gasteiger partial charge in [-0.3, -0.25) is 9.59 Å². The number of fused-ring (bicyclic) bond motifs is 1. The zero-order chi connectivity index (χ0) is 18.7. The quantitative estimate of drug-likeness (QED) is 0.755. The number of halogens is 1. The van der Waals surface area contributed by atoms with E-state index in [2.05, 4.69) is 22.0 Å². The third-order valence-corrected chi connectivity index (χ3v) is 4.79. The molecule has 0 fully saturated rings. The Hall–Kier alpha value is -2.37. The van der Waals surface area contributed by atoms with E-state index in [9.17, 15) is 9.59 Å². The van der Waals surface area contributed by atoms with Gasteiger partial charge >= 0.3 is 0 Å². The predicted molar refractivity (Wildman–Crippen MR) is 110 cm³/mol. The summed E-state index contributed by atoms with van der Waals surface area (Å²) in [6, 6.07) is 13.0. The number of carbonyl (C=O) groups excluding carboxylic acids is 2. The molecule has 2 aromatic rings. The van der Waals surface area contributed by atoms with Crippen LogP contribution in [0.3, 0.4) is 0 Å². The van der Waals surface area contributed by atoms with E-state index in [0.717, 1.165) is 16.8 Å². The van der Waals surface area contributed by atoms with E-state index < -0.39 is 6.04 Å². The van der Waals surface area contributed by atoms with Gasteiger partial charge in [0, 0.05) is 12.2 Å². The maximum atomic E-state index is 12.5. The van der Waals surface area contributed by atoms with Crippen molar-refractivity contribution in [1.29, 1.82) is 0 Å². The predicted octanol–water partition coefficient (Wildman–Crippen LogP) is 2.88. The molecule has 144 valence electrons. The van der Waals surface area contributed by atoms with Crippen LogP contribution >= 0.6 is 12.4 Å². The average Bonchev–Trinajstić information content (AvgIpc) is 2.63. The van der Waals surface area contributed by atoms with Gasteiger partial charge in [0.1, 0.15) is 6.04 Å². The molecule has 0 saturated heterocycles. The van der Waals surface area contributed by atoms with Crippen LogP contribution in [-0.4, -0.2) is 23.9 Å². The molecule has 1 heterocycles. The third kappa shape index (κ3) is 5.08. The van der Waals surface area contributed by atoms with Gasteiger partial charge in [-0.25, -0.2) is 0 Å². The molecule has 2 atom stereocenters. The Labute approximate surface area is 166 Å². The van der Waals surface area contributed by atoms with Crippen LogP contribution in [-0.2, 0) is 22.6 Å². The number of benzene rings is 2. The summed E-state index contributed by atoms with van der Waals surface area (Å²) in [6.07, 6.45) is 0.632. The van der Waals surface area contributed by atoms with Gasteiger partial charge in [-0.2, -0.15) is 0 Å². The standard InChI is InChI=1S/C21H25N3O2.ClH/c1-13-8-9-18(14(2)10-13)24-20(25)15(3)23-21(26)19-11-16-6-4-5-7-17(16)12-22-19;/h4-10,15,19,22H,11-12H2,1-3H3,(H,23,26)(H,24,25);1H. The first kappa shape index (κ1) is 20.9. The number of carbonyl (C=O) groups is 2. The van der Waals surface area contributed by atoms with Gasteiger partial charge in [0.2, 0.25) is 11.8 Å². The van der Waals surface area contributed by atoms with Crippen molar-refractivity contribution in [2.75, 3.05) is 5.32 Å². The molecule has 5 nitrogen and oxygen atoms in total. The van der Waals surface area contributed by atoms with Crippen LogP contribution in [0.1, 0.15) is 29.2 Å². The summed E-state index contributed by atoms with van der Waals surface area (Å²) < 4.78 is 0. The first-order valence-corrected chi connectivity index (χ1v) is 8.92. The summed E-state index contributed by atoms with van der Waals surface area (Å²) in [7, 11) is 0. The second-order valence-electron chi connectivity index (χ2n) is 6.94. The minimum absolute atomic E-state index is 0. The molecule has 2 amide bonds. The van der Waals surface area contributed by atoms with Gasteiger partial charge in [-0.05, 0) is 49.9 Å². The zero-order valence-electron chi connectivity index (χ0n) is 15.8. The fourth-order valence-corrected chi connectivity index (χ4v) is 3.21. The number of hydrogen-bond acceptors (Lipinski definition) is 3. The van der Waals surface area contributed by atoms with E-state index in [1.54, 1.807) is 6.92 Å². The number of anilines is 1. The fraction of sp³-hybridized carbons (Fsp3) is 0.333. The van der Waals surface area contributed by atoms with Crippen LogP contribution < -0.4 is 16.0 Å². The molecule has 0 aliphatic carbocycles. The molecule has 1 aliphatic rings. The lowest BCUT2D eigenvalue weighted by Crippen LogP contribution is -2.52. The molecule has 1 aliphatic heterocycles. The maximum absolute atomic E-state index is 12.5. The van der Waals surface area contributed by atoms with Gasteiger partial charge in [0.25, 0.3) is 0 Å². The Morgan fingerprint density at radius 1 is 1.11 bits per heavy atom. The average molecular weight is 388 g/mol. The Kier molecular flexibility index (Phi) is 6.99. The lowest BCUT2D eigenvalue weighted by molar-refractivity contribution is -0.127. The van der Waals surface area contributed by atoms with Crippen molar-refractivity contribution >= 4 is 29.9 Å². The van der Waals surface area contributed by atoms with Crippen LogP contribution in [0.2, 0.25) is 0 Å². The first-order chi connectivity index (χ1) is 12.4. The highest BCUT2D eigenvalue weighted by Gasteiger charge is 2.26. The number of nitrogens with one attached hydrogen (secondary N) is 3. The molecule has 27 heavy (non-hydrogen) atoms. The number of amides is 2. The minimum atomic E-state index is -0.609. The van der Waals surface area contributed by atoms with Crippen molar-refractivity contribution in [3.8, 4) is 0 Å². The van der Waals surface area contributed by atoms with Crippen molar-refractivity contribution in [3.05, 3.63) is 64.7 Å². The second kappa shape index (κ2) is 9.02. The summed E-state index contributed by atoms with van der Waals surface area (Å²) in [4.78, 5) is 25.0. The van der Waals surface area contributed by atoms with E-state index in [1.165, 1.54) is 11.1 Å². The van der Waals surface area contributed by atoms with Gasteiger partial charge in [0.15, 0.2) is 0 Å². The van der Waals surface area contributed by atoms with Gasteiger partial charge in [-0.15, -0.1) is 12.4 Å². The molecule has 0 spiro atoms. The summed E-state index contributed by atoms with van der Waals surface area (Å²) >= 11 is 0. The largest absolute Gasteiger partial charge is 0.343 e. The maximum Gasteiger partial charge on any atom is 0.246 e. The molecule has 0 saturated carbocycles. The van der Waals surface area contributed by atoms with E-state index in [0.29, 0.717) is 13.0 Å². The Morgan fingerprint density at radius 3 is 2.52 bits per heavy atom. The number of rotatable bonds is 4. The van der Waals surface area contributed by atoms with Crippen LogP contribution in [0.5, 0.6) is 0 Å². The summed E-state index contributed by atoms with van der Waals surface area (Å²) in [6.45, 7) is 6.33. The van der Waals surface area contributed by atoms with E-state index >= 15 is 0 Å². The Morgan fingerprint density at radius 2 is 1.81 bits per heavy atom. The topological polar surface area (TPSA) is 70.2 Å². The fourth-order valence-electron chi connectivity index (χ4n) is 3.21. The van der Waals surface area contributed by atoms with Gasteiger partial charge < -0.3 is 16.0 Å². The molecular formula is C21H26ClN3O2. The normalized spacial score (nSPS) is 16.5.